The van der Waals surface area contributed by atoms with E-state index in [-0.39, 0.29) is 0 Å². The Hall–Kier alpha value is -1.39. The summed E-state index contributed by atoms with van der Waals surface area (Å²) in [6.07, 6.45) is 1.09. The smallest absolute Gasteiger partial charge is 0.131 e. The zero-order chi connectivity index (χ0) is 14.4. The van der Waals surface area contributed by atoms with Gasteiger partial charge in [0.25, 0.3) is 0 Å². The van der Waals surface area contributed by atoms with E-state index < -0.39 is 0 Å². The second kappa shape index (κ2) is 7.41. The summed E-state index contributed by atoms with van der Waals surface area (Å²) in [5, 5.41) is 6.60. The summed E-state index contributed by atoms with van der Waals surface area (Å²) in [6, 6.07) is 8.77. The first kappa shape index (κ1) is 15.0. The maximum atomic E-state index is 5.76. The average Bonchev–Trinajstić information content (AvgIpc) is 2.89. The number of ether oxygens (including phenoxy) is 1. The second-order valence-corrected chi connectivity index (χ2v) is 5.80. The number of aromatic nitrogens is 1. The molecule has 3 nitrogen and oxygen atoms in total. The molecule has 0 amide bonds. The Labute approximate surface area is 125 Å². The molecule has 0 spiro atoms. The molecular weight excluding hydrogens is 268 g/mol. The zero-order valence-corrected chi connectivity index (χ0v) is 13.2. The Kier molecular flexibility index (Phi) is 5.56. The molecule has 1 unspecified atom stereocenters. The molecule has 0 radical (unpaired) electrons. The van der Waals surface area contributed by atoms with Gasteiger partial charge >= 0.3 is 0 Å². The molecular formula is C16H22N2OS. The highest BCUT2D eigenvalue weighted by molar-refractivity contribution is 7.09. The molecule has 108 valence electrons. The Balaban J connectivity index is 1.94. The van der Waals surface area contributed by atoms with E-state index in [0.717, 1.165) is 29.4 Å². The lowest BCUT2D eigenvalue weighted by Crippen LogP contribution is -2.19. The van der Waals surface area contributed by atoms with Gasteiger partial charge < -0.3 is 10.1 Å². The summed E-state index contributed by atoms with van der Waals surface area (Å²) in [5.41, 5.74) is 2.31. The first-order chi connectivity index (χ1) is 9.72. The largest absolute Gasteiger partial charge is 0.487 e. The molecule has 0 aliphatic rings. The van der Waals surface area contributed by atoms with E-state index in [1.165, 1.54) is 5.56 Å². The van der Waals surface area contributed by atoms with Crippen molar-refractivity contribution in [3.05, 3.63) is 45.9 Å². The fourth-order valence-corrected chi connectivity index (χ4v) is 2.77. The molecule has 0 bridgehead atoms. The minimum absolute atomic E-state index is 0.426. The maximum Gasteiger partial charge on any atom is 0.131 e. The van der Waals surface area contributed by atoms with Crippen LogP contribution in [0.2, 0.25) is 0 Å². The summed E-state index contributed by atoms with van der Waals surface area (Å²) < 4.78 is 5.76. The quantitative estimate of drug-likeness (QED) is 0.834. The highest BCUT2D eigenvalue weighted by atomic mass is 32.1. The number of aryl methyl sites for hydroxylation is 1. The number of rotatable bonds is 7. The highest BCUT2D eigenvalue weighted by Crippen LogP contribution is 2.21. The molecule has 1 atom stereocenters. The molecule has 1 heterocycles. The standard InChI is InChI=1S/C16H22N2OS/c1-4-16(17-5-2)13-6-8-15(9-7-13)19-10-14-11-20-12(3)18-14/h6-9,11,16-17H,4-5,10H2,1-3H3. The predicted octanol–water partition coefficient (Wildman–Crippen LogP) is 4.09. The van der Waals surface area contributed by atoms with Crippen LogP contribution in [0.3, 0.4) is 0 Å². The highest BCUT2D eigenvalue weighted by Gasteiger charge is 2.07. The van der Waals surface area contributed by atoms with Crippen LogP contribution in [0.5, 0.6) is 5.75 Å². The van der Waals surface area contributed by atoms with E-state index in [4.69, 9.17) is 4.74 Å². The van der Waals surface area contributed by atoms with Crippen molar-refractivity contribution in [2.24, 2.45) is 0 Å². The van der Waals surface area contributed by atoms with Gasteiger partial charge in [0, 0.05) is 11.4 Å². The fraction of sp³-hybridized carbons (Fsp3) is 0.438. The third kappa shape index (κ3) is 4.05. The van der Waals surface area contributed by atoms with Crippen LogP contribution in [0.4, 0.5) is 0 Å². The molecule has 1 N–H and O–H groups in total. The number of hydrogen-bond acceptors (Lipinski definition) is 4. The van der Waals surface area contributed by atoms with Crippen LogP contribution in [-0.2, 0) is 6.61 Å². The molecule has 1 aromatic carbocycles. The molecule has 20 heavy (non-hydrogen) atoms. The van der Waals surface area contributed by atoms with Gasteiger partial charge in [-0.15, -0.1) is 11.3 Å². The maximum absolute atomic E-state index is 5.76. The Bertz CT molecular complexity index is 522. The molecule has 0 saturated heterocycles. The Morgan fingerprint density at radius 2 is 2.00 bits per heavy atom. The fourth-order valence-electron chi connectivity index (χ4n) is 2.17. The van der Waals surface area contributed by atoms with Crippen molar-refractivity contribution in [3.8, 4) is 5.75 Å². The normalized spacial score (nSPS) is 12.3. The van der Waals surface area contributed by atoms with Gasteiger partial charge in [0.05, 0.1) is 10.7 Å². The molecule has 0 fully saturated rings. The van der Waals surface area contributed by atoms with Crippen molar-refractivity contribution < 1.29 is 4.74 Å². The number of hydrogen-bond donors (Lipinski definition) is 1. The van der Waals surface area contributed by atoms with Crippen molar-refractivity contribution in [3.63, 3.8) is 0 Å². The summed E-state index contributed by atoms with van der Waals surface area (Å²) in [6.45, 7) is 7.86. The van der Waals surface area contributed by atoms with Crippen molar-refractivity contribution in [2.45, 2.75) is 39.8 Å². The third-order valence-electron chi connectivity index (χ3n) is 3.19. The Morgan fingerprint density at radius 1 is 1.25 bits per heavy atom. The van der Waals surface area contributed by atoms with Crippen LogP contribution in [-0.4, -0.2) is 11.5 Å². The first-order valence-corrected chi connectivity index (χ1v) is 7.98. The van der Waals surface area contributed by atoms with Crippen molar-refractivity contribution in [1.82, 2.24) is 10.3 Å². The van der Waals surface area contributed by atoms with Gasteiger partial charge in [-0.2, -0.15) is 0 Å². The third-order valence-corrected chi connectivity index (χ3v) is 4.02. The van der Waals surface area contributed by atoms with E-state index >= 15 is 0 Å². The topological polar surface area (TPSA) is 34.1 Å². The minimum atomic E-state index is 0.426. The van der Waals surface area contributed by atoms with Gasteiger partial charge in [-0.1, -0.05) is 26.0 Å². The number of thiazole rings is 1. The molecule has 0 aliphatic heterocycles. The van der Waals surface area contributed by atoms with E-state index in [1.807, 2.05) is 24.4 Å². The van der Waals surface area contributed by atoms with Crippen LogP contribution >= 0.6 is 11.3 Å². The number of nitrogens with one attached hydrogen (secondary N) is 1. The minimum Gasteiger partial charge on any atom is -0.487 e. The first-order valence-electron chi connectivity index (χ1n) is 7.10. The zero-order valence-electron chi connectivity index (χ0n) is 12.3. The summed E-state index contributed by atoms with van der Waals surface area (Å²) in [7, 11) is 0. The lowest BCUT2D eigenvalue weighted by atomic mass is 10.0. The summed E-state index contributed by atoms with van der Waals surface area (Å²) >= 11 is 1.65. The Morgan fingerprint density at radius 3 is 2.55 bits per heavy atom. The van der Waals surface area contributed by atoms with Crippen LogP contribution < -0.4 is 10.1 Å². The van der Waals surface area contributed by atoms with Crippen LogP contribution in [0.25, 0.3) is 0 Å². The molecule has 0 aliphatic carbocycles. The van der Waals surface area contributed by atoms with Crippen molar-refractivity contribution in [2.75, 3.05) is 6.54 Å². The van der Waals surface area contributed by atoms with Crippen molar-refractivity contribution >= 4 is 11.3 Å². The average molecular weight is 290 g/mol. The molecule has 0 saturated carbocycles. The lowest BCUT2D eigenvalue weighted by Gasteiger charge is -2.16. The summed E-state index contributed by atoms with van der Waals surface area (Å²) in [5.74, 6) is 0.894. The van der Waals surface area contributed by atoms with Gasteiger partial charge in [-0.25, -0.2) is 4.98 Å². The van der Waals surface area contributed by atoms with Gasteiger partial charge in [0.1, 0.15) is 12.4 Å². The van der Waals surface area contributed by atoms with Crippen LogP contribution in [0.15, 0.2) is 29.6 Å². The SMILES string of the molecule is CCNC(CC)c1ccc(OCc2csc(C)n2)cc1. The van der Waals surface area contributed by atoms with E-state index in [9.17, 15) is 0 Å². The second-order valence-electron chi connectivity index (χ2n) is 4.73. The number of benzene rings is 1. The molecule has 1 aromatic heterocycles. The van der Waals surface area contributed by atoms with E-state index in [0.29, 0.717) is 12.6 Å². The van der Waals surface area contributed by atoms with Gasteiger partial charge in [0.15, 0.2) is 0 Å². The molecule has 2 rings (SSSR count). The van der Waals surface area contributed by atoms with Gasteiger partial charge in [-0.05, 0) is 37.6 Å². The molecule has 4 heteroatoms. The predicted molar refractivity (Wildman–Crippen MR) is 84.3 cm³/mol. The molecule has 2 aromatic rings. The number of nitrogens with zero attached hydrogens (tertiary/aromatic N) is 1. The van der Waals surface area contributed by atoms with Crippen LogP contribution in [0, 0.1) is 6.92 Å². The lowest BCUT2D eigenvalue weighted by molar-refractivity contribution is 0.302. The summed E-state index contributed by atoms with van der Waals surface area (Å²) in [4.78, 5) is 4.39. The van der Waals surface area contributed by atoms with E-state index in [2.05, 4.69) is 36.3 Å². The van der Waals surface area contributed by atoms with Crippen molar-refractivity contribution in [1.29, 1.82) is 0 Å². The monoisotopic (exact) mass is 290 g/mol. The van der Waals surface area contributed by atoms with Crippen LogP contribution in [0.1, 0.15) is 42.6 Å². The van der Waals surface area contributed by atoms with Gasteiger partial charge in [0.2, 0.25) is 0 Å². The van der Waals surface area contributed by atoms with E-state index in [1.54, 1.807) is 11.3 Å². The van der Waals surface area contributed by atoms with Gasteiger partial charge in [-0.3, -0.25) is 0 Å².